The Labute approximate surface area is 318 Å². The Morgan fingerprint density at radius 3 is 2.33 bits per heavy atom. The van der Waals surface area contributed by atoms with Gasteiger partial charge in [-0.3, -0.25) is 4.79 Å². The zero-order valence-electron chi connectivity index (χ0n) is 31.5. The molecule has 284 valence electrons. The molecular weight excluding hydrogens is 704 g/mol. The van der Waals surface area contributed by atoms with E-state index in [9.17, 15) is 14.4 Å². The molecule has 0 radical (unpaired) electrons. The Morgan fingerprint density at radius 1 is 0.818 bits per heavy atom. The van der Waals surface area contributed by atoms with Crippen LogP contribution in [0.4, 0.5) is 0 Å². The molecule has 0 aliphatic carbocycles. The lowest BCUT2D eigenvalue weighted by molar-refractivity contribution is -0.0517. The highest BCUT2D eigenvalue weighted by atomic mass is 16.6. The van der Waals surface area contributed by atoms with Crippen molar-refractivity contribution in [3.63, 3.8) is 0 Å². The predicted molar refractivity (Wildman–Crippen MR) is 202 cm³/mol. The first-order chi connectivity index (χ1) is 26.4. The van der Waals surface area contributed by atoms with Gasteiger partial charge in [0.1, 0.15) is 59.1 Å². The maximum Gasteiger partial charge on any atom is 0.338 e. The summed E-state index contributed by atoms with van der Waals surface area (Å²) in [4.78, 5) is 37.3. The topological polar surface area (TPSA) is 129 Å². The third kappa shape index (κ3) is 6.62. The van der Waals surface area contributed by atoms with Crippen LogP contribution in [0.5, 0.6) is 34.5 Å². The van der Waals surface area contributed by atoms with Gasteiger partial charge in [-0.05, 0) is 67.8 Å². The fourth-order valence-corrected chi connectivity index (χ4v) is 7.60. The summed E-state index contributed by atoms with van der Waals surface area (Å²) >= 11 is 0. The number of ketones is 1. The first kappa shape index (κ1) is 36.0. The Hall–Kier alpha value is -5.97. The van der Waals surface area contributed by atoms with Crippen molar-refractivity contribution in [1.82, 2.24) is 0 Å². The summed E-state index contributed by atoms with van der Waals surface area (Å²) < 4.78 is 46.1. The van der Waals surface area contributed by atoms with Crippen LogP contribution in [0, 0.1) is 5.92 Å². The van der Waals surface area contributed by atoms with E-state index in [1.54, 1.807) is 56.7 Å². The number of benzene rings is 4. The second-order valence-electron chi connectivity index (χ2n) is 15.0. The number of hydrogen-bond donors (Lipinski definition) is 0. The van der Waals surface area contributed by atoms with Crippen LogP contribution in [-0.2, 0) is 17.6 Å². The van der Waals surface area contributed by atoms with Crippen LogP contribution >= 0.6 is 0 Å². The summed E-state index contributed by atoms with van der Waals surface area (Å²) in [5.74, 6) is 3.51. The van der Waals surface area contributed by atoms with Crippen LogP contribution < -0.4 is 34.0 Å². The van der Waals surface area contributed by atoms with Crippen LogP contribution in [0.1, 0.15) is 71.0 Å². The van der Waals surface area contributed by atoms with E-state index >= 15 is 0 Å². The molecule has 11 heteroatoms. The lowest BCUT2D eigenvalue weighted by Gasteiger charge is -2.37. The van der Waals surface area contributed by atoms with E-state index in [2.05, 4.69) is 13.8 Å². The number of ether oxygens (including phenoxy) is 7. The molecule has 11 nitrogen and oxygen atoms in total. The van der Waals surface area contributed by atoms with E-state index in [1.807, 2.05) is 44.2 Å². The number of carbonyl (C=O) groups is 2. The zero-order chi connectivity index (χ0) is 38.6. The summed E-state index contributed by atoms with van der Waals surface area (Å²) in [7, 11) is 3.16. The van der Waals surface area contributed by atoms with Gasteiger partial charge in [-0.1, -0.05) is 32.0 Å². The number of rotatable bonds is 6. The van der Waals surface area contributed by atoms with Crippen molar-refractivity contribution >= 4 is 22.7 Å². The quantitative estimate of drug-likeness (QED) is 0.126. The minimum absolute atomic E-state index is 0.0452. The molecule has 55 heavy (non-hydrogen) atoms. The lowest BCUT2D eigenvalue weighted by atomic mass is 9.81. The van der Waals surface area contributed by atoms with Crippen molar-refractivity contribution < 1.29 is 47.2 Å². The van der Waals surface area contributed by atoms with Crippen LogP contribution in [0.15, 0.2) is 88.1 Å². The van der Waals surface area contributed by atoms with Gasteiger partial charge in [-0.2, -0.15) is 0 Å². The van der Waals surface area contributed by atoms with Crippen molar-refractivity contribution in [3.05, 3.63) is 117 Å². The Kier molecular flexibility index (Phi) is 9.19. The maximum atomic E-state index is 13.5. The van der Waals surface area contributed by atoms with Crippen molar-refractivity contribution in [1.29, 1.82) is 0 Å². The monoisotopic (exact) mass is 746 g/mol. The van der Waals surface area contributed by atoms with Gasteiger partial charge >= 0.3 is 11.6 Å². The molecule has 0 saturated carbocycles. The van der Waals surface area contributed by atoms with Gasteiger partial charge in [0.25, 0.3) is 0 Å². The van der Waals surface area contributed by atoms with Gasteiger partial charge in [-0.15, -0.1) is 0 Å². The second kappa shape index (κ2) is 14.0. The minimum Gasteiger partial charge on any atom is -0.493 e. The Balaban J connectivity index is 0.000000156. The van der Waals surface area contributed by atoms with E-state index in [0.29, 0.717) is 64.4 Å². The van der Waals surface area contributed by atoms with E-state index in [1.165, 1.54) is 6.07 Å². The fourth-order valence-electron chi connectivity index (χ4n) is 7.60. The number of esters is 1. The van der Waals surface area contributed by atoms with Gasteiger partial charge in [0, 0.05) is 47.6 Å². The molecule has 9 rings (SSSR count). The standard InChI is InChI=1S/C23H24O6.C21H18O5/c1-11(2)16-8-14-15(28-16)6-5-12-22(24)21-13-7-18(25-3)19(26-4)9-17(13)27-10-20(21)29-23(12)14;1-21(2,26-20(23)13-6-4-3-5-7-13)18-11-15-10-14-8-9-19(22)25-16(14)12-17(15)24-18/h5-7,9,11,16,20-21H,8,10H2,1-4H3;3-10,12,18H,11H2,1-2H3. The highest BCUT2D eigenvalue weighted by Gasteiger charge is 2.46. The lowest BCUT2D eigenvalue weighted by Crippen LogP contribution is -2.43. The molecule has 0 bridgehead atoms. The van der Waals surface area contributed by atoms with Gasteiger partial charge < -0.3 is 37.6 Å². The minimum atomic E-state index is -0.820. The summed E-state index contributed by atoms with van der Waals surface area (Å²) in [5, 5.41) is 0.840. The molecule has 4 aliphatic rings. The van der Waals surface area contributed by atoms with Crippen LogP contribution in [0.2, 0.25) is 0 Å². The molecule has 1 aromatic heterocycles. The number of Topliss-reactive ketones (excluding diaryl/α,β-unsaturated/α-hetero) is 1. The summed E-state index contributed by atoms with van der Waals surface area (Å²) in [5.41, 5.74) is 3.14. The third-order valence-corrected chi connectivity index (χ3v) is 10.7. The van der Waals surface area contributed by atoms with E-state index in [-0.39, 0.29) is 30.1 Å². The Morgan fingerprint density at radius 2 is 1.58 bits per heavy atom. The largest absolute Gasteiger partial charge is 0.493 e. The molecule has 0 saturated heterocycles. The molecule has 0 amide bonds. The first-order valence-electron chi connectivity index (χ1n) is 18.4. The number of carbonyl (C=O) groups excluding carboxylic acids is 2. The van der Waals surface area contributed by atoms with Crippen molar-refractivity contribution in [2.45, 2.75) is 70.4 Å². The van der Waals surface area contributed by atoms with Crippen LogP contribution in [0.3, 0.4) is 0 Å². The molecule has 4 aromatic carbocycles. The summed E-state index contributed by atoms with van der Waals surface area (Å²) in [6.45, 7) is 8.25. The Bertz CT molecular complexity index is 2360. The SMILES string of the molecule is CC(C)(OC(=O)c1ccccc1)C1Cc2cc3ccc(=O)oc3cc2O1.COc1cc2c(cc1OC)C1C(=O)c3ccc4c(c3OC1CO2)CC(C(C)C)O4. The number of hydrogen-bond acceptors (Lipinski definition) is 11. The number of methoxy groups -OCH3 is 2. The fraction of sp³-hybridized carbons (Fsp3) is 0.341. The molecule has 5 aromatic rings. The molecule has 4 unspecified atom stereocenters. The third-order valence-electron chi connectivity index (χ3n) is 10.7. The molecule has 4 atom stereocenters. The summed E-state index contributed by atoms with van der Waals surface area (Å²) in [6, 6.07) is 23.0. The van der Waals surface area contributed by atoms with Crippen molar-refractivity contribution in [3.8, 4) is 34.5 Å². The number of fused-ring (bicyclic) bond motifs is 8. The highest BCUT2D eigenvalue weighted by molar-refractivity contribution is 6.06. The molecule has 0 spiro atoms. The van der Waals surface area contributed by atoms with Crippen molar-refractivity contribution in [2.75, 3.05) is 20.8 Å². The normalized spacial score (nSPS) is 20.2. The van der Waals surface area contributed by atoms with Gasteiger partial charge in [0.2, 0.25) is 0 Å². The first-order valence-corrected chi connectivity index (χ1v) is 18.4. The molecular formula is C44H42O11. The molecule has 0 fully saturated rings. The summed E-state index contributed by atoms with van der Waals surface area (Å²) in [6.07, 6.45) is 0.759. The van der Waals surface area contributed by atoms with Crippen LogP contribution in [-0.4, -0.2) is 56.5 Å². The predicted octanol–water partition coefficient (Wildman–Crippen LogP) is 7.52. The molecule has 5 heterocycles. The van der Waals surface area contributed by atoms with E-state index in [4.69, 9.17) is 37.6 Å². The van der Waals surface area contributed by atoms with E-state index in [0.717, 1.165) is 34.2 Å². The van der Waals surface area contributed by atoms with E-state index < -0.39 is 17.1 Å². The average Bonchev–Trinajstić information content (AvgIpc) is 3.82. The highest BCUT2D eigenvalue weighted by Crippen LogP contribution is 2.50. The van der Waals surface area contributed by atoms with Gasteiger partial charge in [-0.25, -0.2) is 9.59 Å². The van der Waals surface area contributed by atoms with Crippen LogP contribution in [0.25, 0.3) is 11.0 Å². The molecule has 0 N–H and O–H groups in total. The van der Waals surface area contributed by atoms with Crippen molar-refractivity contribution in [2.24, 2.45) is 5.92 Å². The molecule has 4 aliphatic heterocycles. The smallest absolute Gasteiger partial charge is 0.338 e. The zero-order valence-corrected chi connectivity index (χ0v) is 31.5. The van der Waals surface area contributed by atoms with Gasteiger partial charge in [0.15, 0.2) is 17.3 Å². The second-order valence-corrected chi connectivity index (χ2v) is 15.0. The maximum absolute atomic E-state index is 13.5. The average molecular weight is 747 g/mol. The van der Waals surface area contributed by atoms with Gasteiger partial charge in [0.05, 0.1) is 31.3 Å².